The first-order valence-electron chi connectivity index (χ1n) is 9.26. The minimum atomic E-state index is -3.55. The molecule has 2 aromatic carbocycles. The van der Waals surface area contributed by atoms with Crippen LogP contribution in [0.3, 0.4) is 0 Å². The molecule has 2 N–H and O–H groups in total. The van der Waals surface area contributed by atoms with E-state index in [1.807, 2.05) is 12.1 Å². The van der Waals surface area contributed by atoms with Gasteiger partial charge in [0.05, 0.1) is 16.5 Å². The minimum absolute atomic E-state index is 0.136. The van der Waals surface area contributed by atoms with E-state index in [0.717, 1.165) is 5.56 Å². The van der Waals surface area contributed by atoms with Gasteiger partial charge in [-0.1, -0.05) is 42.5 Å². The summed E-state index contributed by atoms with van der Waals surface area (Å²) in [5, 5.41) is 18.8. The summed E-state index contributed by atoms with van der Waals surface area (Å²) >= 11 is 0. The molecule has 0 saturated heterocycles. The molecule has 7 nitrogen and oxygen atoms in total. The Kier molecular flexibility index (Phi) is 6.35. The molecule has 0 unspecified atom stereocenters. The van der Waals surface area contributed by atoms with E-state index in [-0.39, 0.29) is 23.6 Å². The first-order valence-corrected chi connectivity index (χ1v) is 10.7. The third-order valence-electron chi connectivity index (χ3n) is 4.76. The van der Waals surface area contributed by atoms with Crippen LogP contribution in [0.2, 0.25) is 0 Å². The molecule has 1 heterocycles. The molecule has 0 aromatic heterocycles. The summed E-state index contributed by atoms with van der Waals surface area (Å²) in [6, 6.07) is 17.5. The Bertz CT molecular complexity index is 1150. The van der Waals surface area contributed by atoms with Crippen LogP contribution in [-0.4, -0.2) is 38.0 Å². The molecule has 0 fully saturated rings. The van der Waals surface area contributed by atoms with Crippen LogP contribution in [0, 0.1) is 11.3 Å². The Labute approximate surface area is 175 Å². The number of aliphatic carboxylic acids is 1. The van der Waals surface area contributed by atoms with Crippen molar-refractivity contribution in [2.24, 2.45) is 0 Å². The van der Waals surface area contributed by atoms with Gasteiger partial charge in [0.2, 0.25) is 10.0 Å². The van der Waals surface area contributed by atoms with Gasteiger partial charge in [-0.3, -0.25) is 0 Å². The number of carboxylic acid groups (broad SMARTS) is 1. The summed E-state index contributed by atoms with van der Waals surface area (Å²) in [4.78, 5) is 13.4. The maximum atomic E-state index is 12.3. The number of nitrogens with zero attached hydrogens (tertiary/aromatic N) is 2. The fraction of sp³-hybridized carbons (Fsp3) is 0.182. The van der Waals surface area contributed by atoms with Gasteiger partial charge in [0.1, 0.15) is 5.70 Å². The molecule has 30 heavy (non-hydrogen) atoms. The molecule has 0 radical (unpaired) electrons. The van der Waals surface area contributed by atoms with Gasteiger partial charge in [-0.15, -0.1) is 0 Å². The van der Waals surface area contributed by atoms with E-state index in [0.29, 0.717) is 23.1 Å². The first-order chi connectivity index (χ1) is 14.3. The van der Waals surface area contributed by atoms with Crippen LogP contribution in [0.5, 0.6) is 0 Å². The minimum Gasteiger partial charge on any atom is -0.477 e. The van der Waals surface area contributed by atoms with Crippen LogP contribution < -0.4 is 4.72 Å². The summed E-state index contributed by atoms with van der Waals surface area (Å²) in [6.07, 6.45) is 2.26. The molecule has 3 rings (SSSR count). The van der Waals surface area contributed by atoms with Crippen molar-refractivity contribution in [2.45, 2.75) is 17.7 Å². The van der Waals surface area contributed by atoms with Gasteiger partial charge < -0.3 is 10.0 Å². The zero-order valence-corrected chi connectivity index (χ0v) is 17.2. The summed E-state index contributed by atoms with van der Waals surface area (Å²) in [5.41, 5.74) is 2.82. The molecule has 1 aliphatic heterocycles. The number of sulfonamides is 1. The van der Waals surface area contributed by atoms with Crippen molar-refractivity contribution in [3.8, 4) is 6.07 Å². The quantitative estimate of drug-likeness (QED) is 0.709. The highest BCUT2D eigenvalue weighted by atomic mass is 32.2. The van der Waals surface area contributed by atoms with E-state index >= 15 is 0 Å². The zero-order valence-electron chi connectivity index (χ0n) is 16.4. The van der Waals surface area contributed by atoms with Crippen LogP contribution in [0.25, 0.3) is 5.57 Å². The fourth-order valence-electron chi connectivity index (χ4n) is 3.30. The van der Waals surface area contributed by atoms with Crippen LogP contribution >= 0.6 is 0 Å². The molecule has 154 valence electrons. The van der Waals surface area contributed by atoms with Crippen LogP contribution in [0.4, 0.5) is 0 Å². The standard InChI is InChI=1S/C22H21N3O4S/c1-25-15-17(14-23)13-20(21(25)22(26)27)18-9-7-16(8-10-18)11-12-24-30(28,29)19-5-3-2-4-6-19/h2-10,15,24H,11-13H2,1H3,(H,26,27). The van der Waals surface area contributed by atoms with E-state index < -0.39 is 16.0 Å². The first kappa shape index (κ1) is 21.3. The van der Waals surface area contributed by atoms with Crippen molar-refractivity contribution >= 4 is 21.6 Å². The third kappa shape index (κ3) is 4.76. The lowest BCUT2D eigenvalue weighted by atomic mass is 9.93. The Morgan fingerprint density at radius 2 is 1.83 bits per heavy atom. The molecule has 0 saturated carbocycles. The third-order valence-corrected chi connectivity index (χ3v) is 6.24. The Morgan fingerprint density at radius 3 is 2.43 bits per heavy atom. The van der Waals surface area contributed by atoms with Crippen LogP contribution in [0.1, 0.15) is 17.5 Å². The van der Waals surface area contributed by atoms with Crippen molar-refractivity contribution in [2.75, 3.05) is 13.6 Å². The van der Waals surface area contributed by atoms with E-state index in [2.05, 4.69) is 10.8 Å². The van der Waals surface area contributed by atoms with Gasteiger partial charge in [0, 0.05) is 26.2 Å². The molecule has 0 spiro atoms. The van der Waals surface area contributed by atoms with Crippen molar-refractivity contribution in [1.29, 1.82) is 5.26 Å². The SMILES string of the molecule is CN1C=C(C#N)CC(c2ccc(CCNS(=O)(=O)c3ccccc3)cc2)=C1C(=O)O. The van der Waals surface area contributed by atoms with Crippen molar-refractivity contribution in [3.05, 3.63) is 83.2 Å². The second-order valence-corrected chi connectivity index (χ2v) is 8.61. The maximum Gasteiger partial charge on any atom is 0.352 e. The predicted molar refractivity (Wildman–Crippen MR) is 112 cm³/mol. The van der Waals surface area contributed by atoms with E-state index in [1.54, 1.807) is 37.4 Å². The highest BCUT2D eigenvalue weighted by Gasteiger charge is 2.24. The number of nitriles is 1. The average molecular weight is 423 g/mol. The fourth-order valence-corrected chi connectivity index (χ4v) is 4.36. The van der Waals surface area contributed by atoms with Crippen LogP contribution in [0.15, 0.2) is 77.0 Å². The largest absolute Gasteiger partial charge is 0.477 e. The van der Waals surface area contributed by atoms with Gasteiger partial charge in [-0.25, -0.2) is 17.9 Å². The van der Waals surface area contributed by atoms with Gasteiger partial charge in [0.25, 0.3) is 0 Å². The maximum absolute atomic E-state index is 12.3. The summed E-state index contributed by atoms with van der Waals surface area (Å²) < 4.78 is 27.1. The van der Waals surface area contributed by atoms with Crippen LogP contribution in [-0.2, 0) is 21.2 Å². The summed E-state index contributed by atoms with van der Waals surface area (Å²) in [7, 11) is -1.95. The molecule has 0 aliphatic carbocycles. The Balaban J connectivity index is 1.71. The number of allylic oxidation sites excluding steroid dienone is 2. The summed E-state index contributed by atoms with van der Waals surface area (Å²) in [6.45, 7) is 0.240. The Hall–Kier alpha value is -3.41. The number of hydrogen-bond donors (Lipinski definition) is 2. The Morgan fingerprint density at radius 1 is 1.17 bits per heavy atom. The molecule has 0 atom stereocenters. The number of carboxylic acids is 1. The second-order valence-electron chi connectivity index (χ2n) is 6.84. The topological polar surface area (TPSA) is 111 Å². The van der Waals surface area contributed by atoms with Gasteiger partial charge in [0.15, 0.2) is 0 Å². The molecule has 0 bridgehead atoms. The molecule has 0 amide bonds. The van der Waals surface area contributed by atoms with E-state index in [1.165, 1.54) is 23.2 Å². The van der Waals surface area contributed by atoms with Crippen molar-refractivity contribution in [1.82, 2.24) is 9.62 Å². The van der Waals surface area contributed by atoms with E-state index in [9.17, 15) is 23.6 Å². The number of benzene rings is 2. The lowest BCUT2D eigenvalue weighted by Crippen LogP contribution is -2.26. The smallest absolute Gasteiger partial charge is 0.352 e. The second kappa shape index (κ2) is 8.95. The average Bonchev–Trinajstić information content (AvgIpc) is 2.74. The number of hydrogen-bond acceptors (Lipinski definition) is 5. The lowest BCUT2D eigenvalue weighted by Gasteiger charge is -2.25. The molecular weight excluding hydrogens is 402 g/mol. The number of likely N-dealkylation sites (N-methyl/N-ethyl adjacent to an activating group) is 1. The van der Waals surface area contributed by atoms with Gasteiger partial charge >= 0.3 is 5.97 Å². The van der Waals surface area contributed by atoms with Gasteiger partial charge in [-0.05, 0) is 35.3 Å². The number of rotatable bonds is 7. The molecular formula is C22H21N3O4S. The highest BCUT2D eigenvalue weighted by Crippen LogP contribution is 2.32. The van der Waals surface area contributed by atoms with E-state index in [4.69, 9.17) is 0 Å². The number of nitrogens with one attached hydrogen (secondary N) is 1. The highest BCUT2D eigenvalue weighted by molar-refractivity contribution is 7.89. The zero-order chi connectivity index (χ0) is 21.7. The molecule has 1 aliphatic rings. The number of carbonyl (C=O) groups is 1. The monoisotopic (exact) mass is 423 g/mol. The lowest BCUT2D eigenvalue weighted by molar-refractivity contribution is -0.133. The molecule has 2 aromatic rings. The van der Waals surface area contributed by atoms with Crippen molar-refractivity contribution in [3.63, 3.8) is 0 Å². The van der Waals surface area contributed by atoms with Crippen molar-refractivity contribution < 1.29 is 18.3 Å². The normalized spacial score (nSPS) is 14.3. The summed E-state index contributed by atoms with van der Waals surface area (Å²) in [5.74, 6) is -1.06. The molecule has 8 heteroatoms. The van der Waals surface area contributed by atoms with Gasteiger partial charge in [-0.2, -0.15) is 5.26 Å². The predicted octanol–water partition coefficient (Wildman–Crippen LogP) is 2.75.